The molecule has 1 aliphatic carbocycles. The van der Waals surface area contributed by atoms with Gasteiger partial charge in [0.25, 0.3) is 0 Å². The first-order chi connectivity index (χ1) is 3.29. The van der Waals surface area contributed by atoms with Crippen molar-refractivity contribution in [2.75, 3.05) is 0 Å². The molecule has 42 valence electrons. The van der Waals surface area contributed by atoms with Crippen LogP contribution in [0, 0.1) is 0 Å². The first kappa shape index (κ1) is 5.06. The molecule has 2 N–H and O–H groups in total. The van der Waals surface area contributed by atoms with E-state index in [1.807, 2.05) is 6.92 Å². The van der Waals surface area contributed by atoms with E-state index in [-0.39, 0.29) is 6.23 Å². The van der Waals surface area contributed by atoms with Crippen LogP contribution in [-0.2, 0) is 4.74 Å². The average molecular weight is 101 g/mol. The van der Waals surface area contributed by atoms with Crippen molar-refractivity contribution in [3.05, 3.63) is 0 Å². The molecule has 2 nitrogen and oxygen atoms in total. The second-order valence-electron chi connectivity index (χ2n) is 2.04. The van der Waals surface area contributed by atoms with Gasteiger partial charge in [-0.05, 0) is 19.8 Å². The number of rotatable bonds is 2. The summed E-state index contributed by atoms with van der Waals surface area (Å²) in [6.07, 6.45) is 2.86. The van der Waals surface area contributed by atoms with Crippen LogP contribution in [0.4, 0.5) is 0 Å². The Morgan fingerprint density at radius 1 is 1.71 bits per heavy atom. The molecule has 0 aromatic rings. The zero-order chi connectivity index (χ0) is 5.28. The third-order valence-corrected chi connectivity index (χ3v) is 0.931. The molecule has 0 spiro atoms. The predicted molar refractivity (Wildman–Crippen MR) is 27.8 cm³/mol. The van der Waals surface area contributed by atoms with E-state index in [1.54, 1.807) is 0 Å². The van der Waals surface area contributed by atoms with Gasteiger partial charge in [0.1, 0.15) is 6.23 Å². The zero-order valence-electron chi connectivity index (χ0n) is 4.55. The van der Waals surface area contributed by atoms with Crippen molar-refractivity contribution in [1.29, 1.82) is 0 Å². The maximum atomic E-state index is 5.31. The highest BCUT2D eigenvalue weighted by Crippen LogP contribution is 2.23. The fourth-order valence-electron chi connectivity index (χ4n) is 0.508. The summed E-state index contributed by atoms with van der Waals surface area (Å²) < 4.78 is 5.14. The summed E-state index contributed by atoms with van der Waals surface area (Å²) in [5, 5.41) is 0. The molecule has 0 aromatic heterocycles. The maximum absolute atomic E-state index is 5.31. The smallest absolute Gasteiger partial charge is 0.103 e. The molecular formula is C5H11NO. The summed E-state index contributed by atoms with van der Waals surface area (Å²) in [6, 6.07) is 0. The Bertz CT molecular complexity index is 59.1. The summed E-state index contributed by atoms with van der Waals surface area (Å²) in [4.78, 5) is 0. The minimum atomic E-state index is -0.0625. The van der Waals surface area contributed by atoms with Gasteiger partial charge in [-0.25, -0.2) is 0 Å². The van der Waals surface area contributed by atoms with Crippen LogP contribution < -0.4 is 5.73 Å². The average Bonchev–Trinajstić information content (AvgIpc) is 2.17. The molecule has 1 saturated carbocycles. The van der Waals surface area contributed by atoms with Crippen molar-refractivity contribution in [3.63, 3.8) is 0 Å². The molecule has 0 amide bonds. The molecular weight excluding hydrogens is 90.1 g/mol. The number of nitrogens with two attached hydrogens (primary N) is 1. The van der Waals surface area contributed by atoms with E-state index in [9.17, 15) is 0 Å². The summed E-state index contributed by atoms with van der Waals surface area (Å²) >= 11 is 0. The highest BCUT2D eigenvalue weighted by molar-refractivity contribution is 4.73. The van der Waals surface area contributed by atoms with Crippen molar-refractivity contribution in [2.45, 2.75) is 32.1 Å². The van der Waals surface area contributed by atoms with Crippen molar-refractivity contribution in [2.24, 2.45) is 5.73 Å². The summed E-state index contributed by atoms with van der Waals surface area (Å²) in [6.45, 7) is 1.86. The Morgan fingerprint density at radius 2 is 2.29 bits per heavy atom. The van der Waals surface area contributed by atoms with Crippen LogP contribution in [0.5, 0.6) is 0 Å². The fraction of sp³-hybridized carbons (Fsp3) is 1.00. The Labute approximate surface area is 43.6 Å². The minimum Gasteiger partial charge on any atom is -0.361 e. The standard InChI is InChI=1S/C5H11NO/c1-4(6)7-5-2-3-5/h4-5H,2-3,6H2,1H3. The van der Waals surface area contributed by atoms with Crippen LogP contribution in [0.25, 0.3) is 0 Å². The highest BCUT2D eigenvalue weighted by Gasteiger charge is 2.22. The third kappa shape index (κ3) is 1.90. The van der Waals surface area contributed by atoms with E-state index in [1.165, 1.54) is 12.8 Å². The van der Waals surface area contributed by atoms with Crippen LogP contribution >= 0.6 is 0 Å². The lowest BCUT2D eigenvalue weighted by Gasteiger charge is -2.02. The largest absolute Gasteiger partial charge is 0.361 e. The van der Waals surface area contributed by atoms with Gasteiger partial charge in [0, 0.05) is 0 Å². The Kier molecular flexibility index (Phi) is 1.30. The Balaban J connectivity index is 1.97. The first-order valence-electron chi connectivity index (χ1n) is 2.70. The van der Waals surface area contributed by atoms with E-state index in [2.05, 4.69) is 0 Å². The van der Waals surface area contributed by atoms with Gasteiger partial charge in [-0.1, -0.05) is 0 Å². The van der Waals surface area contributed by atoms with Crippen LogP contribution in [-0.4, -0.2) is 12.3 Å². The van der Waals surface area contributed by atoms with Gasteiger partial charge in [0.15, 0.2) is 0 Å². The fourth-order valence-corrected chi connectivity index (χ4v) is 0.508. The van der Waals surface area contributed by atoms with Crippen LogP contribution in [0.3, 0.4) is 0 Å². The molecule has 1 fully saturated rings. The van der Waals surface area contributed by atoms with Crippen LogP contribution in [0.15, 0.2) is 0 Å². The second-order valence-corrected chi connectivity index (χ2v) is 2.04. The summed E-state index contributed by atoms with van der Waals surface area (Å²) in [7, 11) is 0. The zero-order valence-corrected chi connectivity index (χ0v) is 4.55. The molecule has 1 rings (SSSR count). The lowest BCUT2D eigenvalue weighted by molar-refractivity contribution is 0.0570. The van der Waals surface area contributed by atoms with Gasteiger partial charge in [0.2, 0.25) is 0 Å². The van der Waals surface area contributed by atoms with Crippen molar-refractivity contribution >= 4 is 0 Å². The monoisotopic (exact) mass is 101 g/mol. The van der Waals surface area contributed by atoms with Gasteiger partial charge in [-0.15, -0.1) is 0 Å². The molecule has 0 saturated heterocycles. The first-order valence-corrected chi connectivity index (χ1v) is 2.70. The SMILES string of the molecule is CC(N)OC1CC1. The predicted octanol–water partition coefficient (Wildman–Crippen LogP) is 0.470. The molecule has 1 unspecified atom stereocenters. The van der Waals surface area contributed by atoms with E-state index >= 15 is 0 Å². The Hall–Kier alpha value is -0.0800. The minimum absolute atomic E-state index is 0.0625. The Morgan fingerprint density at radius 3 is 2.43 bits per heavy atom. The summed E-state index contributed by atoms with van der Waals surface area (Å²) in [5.41, 5.74) is 5.31. The van der Waals surface area contributed by atoms with Gasteiger partial charge in [-0.3, -0.25) is 0 Å². The van der Waals surface area contributed by atoms with E-state index < -0.39 is 0 Å². The number of hydrogen-bond acceptors (Lipinski definition) is 2. The van der Waals surface area contributed by atoms with E-state index in [4.69, 9.17) is 10.5 Å². The normalized spacial score (nSPS) is 24.9. The molecule has 7 heavy (non-hydrogen) atoms. The topological polar surface area (TPSA) is 35.2 Å². The molecule has 0 aromatic carbocycles. The van der Waals surface area contributed by atoms with Crippen LogP contribution in [0.1, 0.15) is 19.8 Å². The molecule has 2 heteroatoms. The van der Waals surface area contributed by atoms with Crippen molar-refractivity contribution in [1.82, 2.24) is 0 Å². The molecule has 0 aliphatic heterocycles. The maximum Gasteiger partial charge on any atom is 0.103 e. The molecule has 1 aliphatic rings. The lowest BCUT2D eigenvalue weighted by Crippen LogP contribution is -2.19. The van der Waals surface area contributed by atoms with Gasteiger partial charge in [-0.2, -0.15) is 0 Å². The molecule has 0 bridgehead atoms. The molecule has 0 radical (unpaired) electrons. The third-order valence-electron chi connectivity index (χ3n) is 0.931. The van der Waals surface area contributed by atoms with Gasteiger partial charge >= 0.3 is 0 Å². The summed E-state index contributed by atoms with van der Waals surface area (Å²) in [5.74, 6) is 0. The second kappa shape index (κ2) is 1.80. The van der Waals surface area contributed by atoms with Crippen molar-refractivity contribution < 1.29 is 4.74 Å². The number of ether oxygens (including phenoxy) is 1. The molecule has 1 atom stereocenters. The van der Waals surface area contributed by atoms with Crippen molar-refractivity contribution in [3.8, 4) is 0 Å². The number of hydrogen-bond donors (Lipinski definition) is 1. The van der Waals surface area contributed by atoms with E-state index in [0.29, 0.717) is 6.10 Å². The highest BCUT2D eigenvalue weighted by atomic mass is 16.5. The quantitative estimate of drug-likeness (QED) is 0.513. The van der Waals surface area contributed by atoms with Crippen LogP contribution in [0.2, 0.25) is 0 Å². The van der Waals surface area contributed by atoms with Gasteiger partial charge < -0.3 is 10.5 Å². The molecule has 0 heterocycles. The van der Waals surface area contributed by atoms with E-state index in [0.717, 1.165) is 0 Å². The van der Waals surface area contributed by atoms with Gasteiger partial charge in [0.05, 0.1) is 6.10 Å². The lowest BCUT2D eigenvalue weighted by atomic mass is 10.7.